The van der Waals surface area contributed by atoms with E-state index in [0.717, 1.165) is 0 Å². The van der Waals surface area contributed by atoms with Gasteiger partial charge in [0.2, 0.25) is 0 Å². The highest BCUT2D eigenvalue weighted by Crippen LogP contribution is 2.21. The zero-order valence-electron chi connectivity index (χ0n) is 8.75. The van der Waals surface area contributed by atoms with Crippen LogP contribution in [0, 0.1) is 5.92 Å². The van der Waals surface area contributed by atoms with Gasteiger partial charge in [0.1, 0.15) is 12.2 Å². The van der Waals surface area contributed by atoms with Crippen molar-refractivity contribution in [3.63, 3.8) is 0 Å². The Morgan fingerprint density at radius 2 is 2.07 bits per heavy atom. The van der Waals surface area contributed by atoms with Crippen molar-refractivity contribution in [3.8, 4) is 0 Å². The van der Waals surface area contributed by atoms with Crippen molar-refractivity contribution >= 4 is 0 Å². The van der Waals surface area contributed by atoms with Crippen molar-refractivity contribution in [3.05, 3.63) is 12.2 Å². The Bertz CT molecular complexity index is 304. The molecule has 1 heterocycles. The zero-order chi connectivity index (χ0) is 11.5. The van der Waals surface area contributed by atoms with E-state index in [4.69, 9.17) is 0 Å². The molecule has 0 aliphatic rings. The number of halogens is 3. The molecular weight excluding hydrogens is 207 g/mol. The van der Waals surface area contributed by atoms with Gasteiger partial charge in [0.15, 0.2) is 0 Å². The van der Waals surface area contributed by atoms with E-state index in [2.05, 4.69) is 10.2 Å². The lowest BCUT2D eigenvalue weighted by molar-refractivity contribution is -0.134. The molecule has 3 nitrogen and oxygen atoms in total. The Kier molecular flexibility index (Phi) is 3.71. The van der Waals surface area contributed by atoms with Crippen LogP contribution in [0.5, 0.6) is 0 Å². The fourth-order valence-electron chi connectivity index (χ4n) is 1.27. The van der Waals surface area contributed by atoms with Crippen LogP contribution >= 0.6 is 0 Å². The number of aryl methyl sites for hydroxylation is 1. The minimum atomic E-state index is -4.13. The summed E-state index contributed by atoms with van der Waals surface area (Å²) in [4.78, 5) is 0. The van der Waals surface area contributed by atoms with E-state index < -0.39 is 12.6 Å². The first-order valence-electron chi connectivity index (χ1n) is 4.82. The quantitative estimate of drug-likeness (QED) is 0.781. The monoisotopic (exact) mass is 221 g/mol. The minimum Gasteiger partial charge on any atom is -0.317 e. The summed E-state index contributed by atoms with van der Waals surface area (Å²) in [6.07, 6.45) is -3.60. The number of alkyl halides is 3. The lowest BCUT2D eigenvalue weighted by Crippen LogP contribution is -2.13. The third-order valence-electron chi connectivity index (χ3n) is 1.89. The number of hydrogen-bond acceptors (Lipinski definition) is 2. The fourth-order valence-corrected chi connectivity index (χ4v) is 1.27. The SMILES string of the molecule is CC(C)Cn1cnnc1CCC(F)(F)F. The Morgan fingerprint density at radius 1 is 1.40 bits per heavy atom. The van der Waals surface area contributed by atoms with E-state index in [0.29, 0.717) is 18.3 Å². The average Bonchev–Trinajstić information content (AvgIpc) is 2.46. The highest BCUT2D eigenvalue weighted by molar-refractivity contribution is 4.87. The number of rotatable bonds is 4. The first-order valence-corrected chi connectivity index (χ1v) is 4.82. The van der Waals surface area contributed by atoms with E-state index in [1.807, 2.05) is 13.8 Å². The fraction of sp³-hybridized carbons (Fsp3) is 0.778. The second kappa shape index (κ2) is 4.63. The van der Waals surface area contributed by atoms with Gasteiger partial charge < -0.3 is 4.57 Å². The van der Waals surface area contributed by atoms with Crippen molar-refractivity contribution in [2.45, 2.75) is 39.4 Å². The predicted molar refractivity (Wildman–Crippen MR) is 49.2 cm³/mol. The van der Waals surface area contributed by atoms with Crippen LogP contribution in [-0.4, -0.2) is 20.9 Å². The molecule has 1 aromatic rings. The lowest BCUT2D eigenvalue weighted by atomic mass is 10.2. The summed E-state index contributed by atoms with van der Waals surface area (Å²) >= 11 is 0. The molecule has 0 aromatic carbocycles. The van der Waals surface area contributed by atoms with Gasteiger partial charge in [0.25, 0.3) is 0 Å². The van der Waals surface area contributed by atoms with E-state index >= 15 is 0 Å². The van der Waals surface area contributed by atoms with Crippen molar-refractivity contribution < 1.29 is 13.2 Å². The topological polar surface area (TPSA) is 30.7 Å². The zero-order valence-corrected chi connectivity index (χ0v) is 8.75. The van der Waals surface area contributed by atoms with Gasteiger partial charge in [-0.3, -0.25) is 0 Å². The van der Waals surface area contributed by atoms with E-state index in [9.17, 15) is 13.2 Å². The molecule has 0 bridgehead atoms. The summed E-state index contributed by atoms with van der Waals surface area (Å²) in [6, 6.07) is 0. The van der Waals surface area contributed by atoms with Gasteiger partial charge >= 0.3 is 6.18 Å². The van der Waals surface area contributed by atoms with Gasteiger partial charge in [-0.1, -0.05) is 13.8 Å². The van der Waals surface area contributed by atoms with Crippen LogP contribution < -0.4 is 0 Å². The Labute approximate surface area is 86.3 Å². The molecule has 0 N–H and O–H groups in total. The first kappa shape index (κ1) is 12.0. The maximum absolute atomic E-state index is 12.0. The van der Waals surface area contributed by atoms with Crippen LogP contribution in [0.4, 0.5) is 13.2 Å². The van der Waals surface area contributed by atoms with Gasteiger partial charge in [-0.15, -0.1) is 10.2 Å². The smallest absolute Gasteiger partial charge is 0.317 e. The molecule has 86 valence electrons. The lowest BCUT2D eigenvalue weighted by Gasteiger charge is -2.09. The molecule has 0 amide bonds. The van der Waals surface area contributed by atoms with Gasteiger partial charge in [-0.05, 0) is 5.92 Å². The number of aromatic nitrogens is 3. The van der Waals surface area contributed by atoms with Crippen LogP contribution in [0.2, 0.25) is 0 Å². The van der Waals surface area contributed by atoms with E-state index in [1.54, 1.807) is 4.57 Å². The van der Waals surface area contributed by atoms with Gasteiger partial charge in [-0.2, -0.15) is 13.2 Å². The van der Waals surface area contributed by atoms with Crippen LogP contribution in [-0.2, 0) is 13.0 Å². The Balaban J connectivity index is 2.57. The van der Waals surface area contributed by atoms with Crippen LogP contribution in [0.25, 0.3) is 0 Å². The second-order valence-corrected chi connectivity index (χ2v) is 3.91. The Hall–Kier alpha value is -1.07. The van der Waals surface area contributed by atoms with Crippen LogP contribution in [0.3, 0.4) is 0 Å². The normalized spacial score (nSPS) is 12.4. The van der Waals surface area contributed by atoms with Crippen LogP contribution in [0.1, 0.15) is 26.1 Å². The van der Waals surface area contributed by atoms with Crippen molar-refractivity contribution in [2.75, 3.05) is 0 Å². The van der Waals surface area contributed by atoms with E-state index in [1.165, 1.54) is 6.33 Å². The summed E-state index contributed by atoms with van der Waals surface area (Å²) in [5, 5.41) is 7.31. The van der Waals surface area contributed by atoms with Gasteiger partial charge in [-0.25, -0.2) is 0 Å². The highest BCUT2D eigenvalue weighted by Gasteiger charge is 2.27. The largest absolute Gasteiger partial charge is 0.389 e. The van der Waals surface area contributed by atoms with Crippen molar-refractivity contribution in [1.29, 1.82) is 0 Å². The minimum absolute atomic E-state index is 0.101. The molecule has 15 heavy (non-hydrogen) atoms. The Morgan fingerprint density at radius 3 is 2.60 bits per heavy atom. The molecule has 0 unspecified atom stereocenters. The second-order valence-electron chi connectivity index (χ2n) is 3.91. The van der Waals surface area contributed by atoms with Gasteiger partial charge in [0, 0.05) is 13.0 Å². The standard InChI is InChI=1S/C9H14F3N3/c1-7(2)5-15-6-13-14-8(15)3-4-9(10,11)12/h6-7H,3-5H2,1-2H3. The number of nitrogens with zero attached hydrogens (tertiary/aromatic N) is 3. The molecule has 0 spiro atoms. The third kappa shape index (κ3) is 4.31. The molecule has 0 saturated heterocycles. The molecule has 0 saturated carbocycles. The van der Waals surface area contributed by atoms with Gasteiger partial charge in [0.05, 0.1) is 6.42 Å². The molecule has 1 rings (SSSR count). The summed E-state index contributed by atoms with van der Waals surface area (Å²) in [6.45, 7) is 4.64. The predicted octanol–water partition coefficient (Wildman–Crippen LogP) is 2.43. The summed E-state index contributed by atoms with van der Waals surface area (Å²) in [5.74, 6) is 0.770. The molecule has 0 fully saturated rings. The molecule has 6 heteroatoms. The number of hydrogen-bond donors (Lipinski definition) is 0. The maximum atomic E-state index is 12.0. The molecule has 0 radical (unpaired) electrons. The molecule has 1 aromatic heterocycles. The molecular formula is C9H14F3N3. The van der Waals surface area contributed by atoms with E-state index in [-0.39, 0.29) is 6.42 Å². The summed E-state index contributed by atoms with van der Waals surface area (Å²) < 4.78 is 37.6. The average molecular weight is 221 g/mol. The van der Waals surface area contributed by atoms with Crippen molar-refractivity contribution in [2.24, 2.45) is 5.92 Å². The third-order valence-corrected chi connectivity index (χ3v) is 1.89. The first-order chi connectivity index (χ1) is 6.88. The highest BCUT2D eigenvalue weighted by atomic mass is 19.4. The molecule has 0 aliphatic carbocycles. The van der Waals surface area contributed by atoms with Crippen molar-refractivity contribution in [1.82, 2.24) is 14.8 Å². The summed E-state index contributed by atoms with van der Waals surface area (Å²) in [7, 11) is 0. The summed E-state index contributed by atoms with van der Waals surface area (Å²) in [5.41, 5.74) is 0. The van der Waals surface area contributed by atoms with Crippen LogP contribution in [0.15, 0.2) is 6.33 Å². The molecule has 0 aliphatic heterocycles. The maximum Gasteiger partial charge on any atom is 0.389 e. The molecule has 0 atom stereocenters.